The van der Waals surface area contributed by atoms with Crippen LogP contribution < -0.4 is 8.92 Å². The third-order valence-electron chi connectivity index (χ3n) is 5.17. The lowest BCUT2D eigenvalue weighted by Gasteiger charge is -2.23. The smallest absolute Gasteiger partial charge is 0.339 e. The molecule has 0 bridgehead atoms. The number of benzene rings is 3. The van der Waals surface area contributed by atoms with Gasteiger partial charge in [0.05, 0.1) is 7.11 Å². The number of rotatable bonds is 8. The van der Waals surface area contributed by atoms with E-state index in [1.165, 1.54) is 0 Å². The van der Waals surface area contributed by atoms with Gasteiger partial charge in [0.2, 0.25) is 0 Å². The lowest BCUT2D eigenvalue weighted by Crippen LogP contribution is -2.32. The molecular weight excluding hydrogens is 433 g/mol. The van der Waals surface area contributed by atoms with Crippen LogP contribution in [0.4, 0.5) is 4.39 Å². The van der Waals surface area contributed by atoms with E-state index < -0.39 is 15.9 Å². The summed E-state index contributed by atoms with van der Waals surface area (Å²) in [5, 5.41) is 0. The van der Waals surface area contributed by atoms with E-state index in [0.717, 1.165) is 42.7 Å². The molecule has 0 N–H and O–H groups in total. The summed E-state index contributed by atoms with van der Waals surface area (Å²) in [5.41, 5.74) is 1.44. The zero-order valence-electron chi connectivity index (χ0n) is 17.4. The minimum Gasteiger partial charge on any atom is -0.497 e. The second-order valence-corrected chi connectivity index (χ2v) is 9.07. The van der Waals surface area contributed by atoms with E-state index in [-0.39, 0.29) is 22.6 Å². The van der Waals surface area contributed by atoms with Crippen LogP contribution in [0.1, 0.15) is 28.8 Å². The zero-order chi connectivity index (χ0) is 22.7. The molecule has 0 spiro atoms. The fraction of sp³-hybridized carbons (Fsp3) is 0.208. The molecule has 0 heterocycles. The number of carbonyl (C=O) groups is 1. The van der Waals surface area contributed by atoms with Gasteiger partial charge < -0.3 is 13.8 Å². The van der Waals surface area contributed by atoms with E-state index in [1.54, 1.807) is 55.6 Å². The van der Waals surface area contributed by atoms with Crippen molar-refractivity contribution < 1.29 is 26.5 Å². The number of carbonyl (C=O) groups excluding carboxylic acids is 1. The Kier molecular flexibility index (Phi) is 6.14. The summed E-state index contributed by atoms with van der Waals surface area (Å²) in [6.45, 7) is 0.403. The van der Waals surface area contributed by atoms with Crippen LogP contribution in [0, 0.1) is 5.82 Å². The molecule has 32 heavy (non-hydrogen) atoms. The first-order valence-electron chi connectivity index (χ1n) is 10.1. The van der Waals surface area contributed by atoms with Gasteiger partial charge in [0, 0.05) is 18.2 Å². The molecule has 3 aromatic rings. The number of hydrogen-bond donors (Lipinski definition) is 0. The first kappa shape index (κ1) is 21.8. The highest BCUT2D eigenvalue weighted by Gasteiger charge is 2.33. The minimum absolute atomic E-state index is 0.0608. The third kappa shape index (κ3) is 5.08. The number of halogens is 1. The predicted molar refractivity (Wildman–Crippen MR) is 117 cm³/mol. The van der Waals surface area contributed by atoms with Crippen LogP contribution in [-0.2, 0) is 16.7 Å². The number of methoxy groups -OCH3 is 1. The molecule has 4 rings (SSSR count). The molecule has 1 aliphatic carbocycles. The standard InChI is InChI=1S/C24H22FNO5S/c1-30-21-12-4-18(5-13-21)24(27)26(20-8-9-20)16-17-2-10-22(11-3-17)31-32(28,29)23-14-6-19(25)7-15-23/h2-7,10-15,20H,8-9,16H2,1H3. The monoisotopic (exact) mass is 455 g/mol. The Morgan fingerprint density at radius 3 is 2.09 bits per heavy atom. The van der Waals surface area contributed by atoms with Crippen molar-refractivity contribution in [1.29, 1.82) is 0 Å². The molecule has 1 amide bonds. The van der Waals surface area contributed by atoms with Gasteiger partial charge in [-0.2, -0.15) is 8.42 Å². The van der Waals surface area contributed by atoms with Crippen molar-refractivity contribution in [2.45, 2.75) is 30.3 Å². The summed E-state index contributed by atoms with van der Waals surface area (Å²) in [7, 11) is -2.49. The number of amides is 1. The normalized spacial score (nSPS) is 13.4. The van der Waals surface area contributed by atoms with Crippen LogP contribution in [0.2, 0.25) is 0 Å². The summed E-state index contributed by atoms with van der Waals surface area (Å²) in [4.78, 5) is 14.7. The molecule has 8 heteroatoms. The van der Waals surface area contributed by atoms with Crippen molar-refractivity contribution >= 4 is 16.0 Å². The molecule has 1 saturated carbocycles. The first-order chi connectivity index (χ1) is 15.4. The average Bonchev–Trinajstić information content (AvgIpc) is 3.63. The van der Waals surface area contributed by atoms with E-state index in [1.807, 2.05) is 4.90 Å². The molecule has 0 saturated heterocycles. The molecule has 1 fully saturated rings. The molecule has 1 aliphatic rings. The highest BCUT2D eigenvalue weighted by atomic mass is 32.2. The zero-order valence-corrected chi connectivity index (χ0v) is 18.2. The highest BCUT2D eigenvalue weighted by Crippen LogP contribution is 2.30. The maximum atomic E-state index is 13.0. The predicted octanol–water partition coefficient (Wildman–Crippen LogP) is 4.41. The van der Waals surface area contributed by atoms with Gasteiger partial charge >= 0.3 is 10.1 Å². The topological polar surface area (TPSA) is 72.9 Å². The van der Waals surface area contributed by atoms with Crippen molar-refractivity contribution in [2.75, 3.05) is 7.11 Å². The van der Waals surface area contributed by atoms with E-state index in [2.05, 4.69) is 0 Å². The van der Waals surface area contributed by atoms with Gasteiger partial charge in [0.1, 0.15) is 22.2 Å². The van der Waals surface area contributed by atoms with Gasteiger partial charge in [-0.1, -0.05) is 12.1 Å². The van der Waals surface area contributed by atoms with E-state index in [9.17, 15) is 17.6 Å². The second kappa shape index (κ2) is 9.00. The summed E-state index contributed by atoms with van der Waals surface area (Å²) < 4.78 is 48.1. The number of hydrogen-bond acceptors (Lipinski definition) is 5. The van der Waals surface area contributed by atoms with Gasteiger partial charge in [-0.15, -0.1) is 0 Å². The van der Waals surface area contributed by atoms with E-state index in [0.29, 0.717) is 17.9 Å². The number of nitrogens with zero attached hydrogens (tertiary/aromatic N) is 1. The van der Waals surface area contributed by atoms with Crippen LogP contribution in [0.25, 0.3) is 0 Å². The Balaban J connectivity index is 1.45. The molecule has 0 atom stereocenters. The molecule has 0 radical (unpaired) electrons. The van der Waals surface area contributed by atoms with E-state index >= 15 is 0 Å². The van der Waals surface area contributed by atoms with Crippen molar-refractivity contribution in [2.24, 2.45) is 0 Å². The number of ether oxygens (including phenoxy) is 1. The summed E-state index contributed by atoms with van der Waals surface area (Å²) in [5.74, 6) is 0.232. The fourth-order valence-corrected chi connectivity index (χ4v) is 4.21. The first-order valence-corrected chi connectivity index (χ1v) is 11.5. The van der Waals surface area contributed by atoms with Crippen LogP contribution in [0.3, 0.4) is 0 Å². The van der Waals surface area contributed by atoms with Crippen LogP contribution in [-0.4, -0.2) is 32.4 Å². The Hall–Kier alpha value is -3.39. The molecule has 3 aromatic carbocycles. The van der Waals surface area contributed by atoms with Crippen molar-refractivity contribution in [1.82, 2.24) is 4.90 Å². The Morgan fingerprint density at radius 2 is 1.53 bits per heavy atom. The second-order valence-electron chi connectivity index (χ2n) is 7.53. The summed E-state index contributed by atoms with van der Waals surface area (Å²) >= 11 is 0. The molecule has 0 aliphatic heterocycles. The Morgan fingerprint density at radius 1 is 0.938 bits per heavy atom. The van der Waals surface area contributed by atoms with Gasteiger partial charge in [0.25, 0.3) is 5.91 Å². The van der Waals surface area contributed by atoms with Crippen LogP contribution in [0.15, 0.2) is 77.7 Å². The van der Waals surface area contributed by atoms with Crippen LogP contribution in [0.5, 0.6) is 11.5 Å². The molecular formula is C24H22FNO5S. The lowest BCUT2D eigenvalue weighted by molar-refractivity contribution is 0.0730. The average molecular weight is 456 g/mol. The molecule has 0 aromatic heterocycles. The van der Waals surface area contributed by atoms with Crippen molar-refractivity contribution in [3.05, 3.63) is 89.7 Å². The molecule has 0 unspecified atom stereocenters. The summed E-state index contributed by atoms with van der Waals surface area (Å²) in [6.07, 6.45) is 1.91. The van der Waals surface area contributed by atoms with Crippen molar-refractivity contribution in [3.63, 3.8) is 0 Å². The van der Waals surface area contributed by atoms with Gasteiger partial charge in [-0.25, -0.2) is 4.39 Å². The molecule has 6 nitrogen and oxygen atoms in total. The lowest BCUT2D eigenvalue weighted by atomic mass is 10.1. The SMILES string of the molecule is COc1ccc(C(=O)N(Cc2ccc(OS(=O)(=O)c3ccc(F)cc3)cc2)C2CC2)cc1. The Labute approximate surface area is 186 Å². The summed E-state index contributed by atoms with van der Waals surface area (Å²) in [6, 6.07) is 18.2. The Bertz CT molecular complexity index is 1190. The highest BCUT2D eigenvalue weighted by molar-refractivity contribution is 7.87. The minimum atomic E-state index is -4.07. The maximum absolute atomic E-state index is 13.0. The van der Waals surface area contributed by atoms with Gasteiger partial charge in [-0.3, -0.25) is 4.79 Å². The van der Waals surface area contributed by atoms with E-state index in [4.69, 9.17) is 8.92 Å². The quantitative estimate of drug-likeness (QED) is 0.471. The third-order valence-corrected chi connectivity index (χ3v) is 6.43. The van der Waals surface area contributed by atoms with Gasteiger partial charge in [0.15, 0.2) is 0 Å². The fourth-order valence-electron chi connectivity index (χ4n) is 3.28. The van der Waals surface area contributed by atoms with Crippen LogP contribution >= 0.6 is 0 Å². The largest absolute Gasteiger partial charge is 0.497 e. The maximum Gasteiger partial charge on any atom is 0.339 e. The van der Waals surface area contributed by atoms with Crippen molar-refractivity contribution in [3.8, 4) is 11.5 Å². The van der Waals surface area contributed by atoms with Gasteiger partial charge in [-0.05, 0) is 79.1 Å². The molecule has 166 valence electrons.